The van der Waals surface area contributed by atoms with Crippen LogP contribution in [0.15, 0.2) is 36.4 Å². The largest absolute Gasteiger partial charge is 0.507 e. The van der Waals surface area contributed by atoms with E-state index in [0.29, 0.717) is 56.5 Å². The minimum atomic E-state index is 0.379. The van der Waals surface area contributed by atoms with Gasteiger partial charge in [-0.05, 0) is 126 Å². The standard InChI is InChI=1S/C41H67N7O3/c1-42(2)24-33-17-30(18-34(39(33)49)25-43(3)4)13-15-48(23-32-21-37(28-46(9)10)41(51)38(22-32)29-47(11)12)16-14-31-19-35(26-44(5)6)40(50)36(20-31)27-45(7)8/h17-22,49-51H,13-16,23-29H2,1-12H3. The molecule has 0 spiro atoms. The number of phenolic OH excluding ortho intramolecular Hbond substituents is 3. The smallest absolute Gasteiger partial charge is 0.124 e. The molecule has 0 amide bonds. The highest BCUT2D eigenvalue weighted by Gasteiger charge is 2.18. The molecule has 0 saturated carbocycles. The fraction of sp³-hybridized carbons (Fsp3) is 0.561. The van der Waals surface area contributed by atoms with Crippen LogP contribution in [0.1, 0.15) is 50.1 Å². The molecule has 3 aromatic rings. The number of hydrogen-bond donors (Lipinski definition) is 3. The van der Waals surface area contributed by atoms with Crippen molar-refractivity contribution in [2.45, 2.75) is 58.7 Å². The molecular formula is C41H67N7O3. The molecule has 0 saturated heterocycles. The molecule has 0 aromatic heterocycles. The molecule has 51 heavy (non-hydrogen) atoms. The minimum absolute atomic E-state index is 0.379. The van der Waals surface area contributed by atoms with Gasteiger partial charge < -0.3 is 44.7 Å². The van der Waals surface area contributed by atoms with Gasteiger partial charge in [-0.15, -0.1) is 0 Å². The summed E-state index contributed by atoms with van der Waals surface area (Å²) in [6.45, 7) is 6.40. The summed E-state index contributed by atoms with van der Waals surface area (Å²) in [6.07, 6.45) is 1.67. The summed E-state index contributed by atoms with van der Waals surface area (Å²) in [4.78, 5) is 15.1. The zero-order valence-electron chi connectivity index (χ0n) is 33.7. The molecular weight excluding hydrogens is 638 g/mol. The Kier molecular flexibility index (Phi) is 16.2. The van der Waals surface area contributed by atoms with Gasteiger partial charge in [0.2, 0.25) is 0 Å². The molecule has 0 bridgehead atoms. The van der Waals surface area contributed by atoms with Crippen LogP contribution in [0, 0.1) is 0 Å². The summed E-state index contributed by atoms with van der Waals surface area (Å²) >= 11 is 0. The second-order valence-corrected chi connectivity index (χ2v) is 16.0. The Bertz CT molecular complexity index is 1380. The normalized spacial score (nSPS) is 12.3. The van der Waals surface area contributed by atoms with Crippen LogP contribution in [0.25, 0.3) is 0 Å². The third kappa shape index (κ3) is 13.7. The van der Waals surface area contributed by atoms with Gasteiger partial charge in [-0.25, -0.2) is 0 Å². The fourth-order valence-electron chi connectivity index (χ4n) is 6.75. The second-order valence-electron chi connectivity index (χ2n) is 16.0. The average Bonchev–Trinajstić information content (AvgIpc) is 2.99. The van der Waals surface area contributed by atoms with E-state index in [1.165, 1.54) is 16.7 Å². The molecule has 0 fully saturated rings. The van der Waals surface area contributed by atoms with Crippen LogP contribution in [-0.4, -0.2) is 147 Å². The van der Waals surface area contributed by atoms with E-state index in [9.17, 15) is 15.3 Å². The molecule has 0 heterocycles. The predicted octanol–water partition coefficient (Wildman–Crippen LogP) is 4.46. The van der Waals surface area contributed by atoms with E-state index in [4.69, 9.17) is 0 Å². The van der Waals surface area contributed by atoms with E-state index in [0.717, 1.165) is 65.9 Å². The van der Waals surface area contributed by atoms with Crippen LogP contribution in [0.3, 0.4) is 0 Å². The first kappa shape index (κ1) is 42.2. The molecule has 10 heteroatoms. The monoisotopic (exact) mass is 706 g/mol. The number of aromatic hydroxyl groups is 3. The summed E-state index contributed by atoms with van der Waals surface area (Å²) in [7, 11) is 24.4. The van der Waals surface area contributed by atoms with Gasteiger partial charge in [0.25, 0.3) is 0 Å². The molecule has 0 atom stereocenters. The van der Waals surface area contributed by atoms with Crippen LogP contribution in [0.4, 0.5) is 0 Å². The van der Waals surface area contributed by atoms with E-state index >= 15 is 0 Å². The maximum atomic E-state index is 11.2. The van der Waals surface area contributed by atoms with Crippen LogP contribution in [-0.2, 0) is 58.7 Å². The zero-order chi connectivity index (χ0) is 38.0. The first-order valence-electron chi connectivity index (χ1n) is 18.0. The van der Waals surface area contributed by atoms with Crippen molar-refractivity contribution in [3.05, 3.63) is 86.5 Å². The molecule has 0 aliphatic carbocycles. The maximum absolute atomic E-state index is 11.2. The van der Waals surface area contributed by atoms with E-state index in [-0.39, 0.29) is 0 Å². The number of nitrogens with zero attached hydrogens (tertiary/aromatic N) is 7. The lowest BCUT2D eigenvalue weighted by atomic mass is 9.99. The Labute approximate surface area is 309 Å². The summed E-state index contributed by atoms with van der Waals surface area (Å²) < 4.78 is 0. The maximum Gasteiger partial charge on any atom is 0.124 e. The van der Waals surface area contributed by atoms with Gasteiger partial charge >= 0.3 is 0 Å². The number of benzene rings is 3. The van der Waals surface area contributed by atoms with Crippen molar-refractivity contribution < 1.29 is 15.3 Å². The fourth-order valence-corrected chi connectivity index (χ4v) is 6.75. The summed E-state index contributed by atoms with van der Waals surface area (Å²) in [6, 6.07) is 13.0. The Morgan fingerprint density at radius 1 is 0.333 bits per heavy atom. The van der Waals surface area contributed by atoms with Gasteiger partial charge in [0, 0.05) is 92.3 Å². The van der Waals surface area contributed by atoms with Crippen molar-refractivity contribution in [1.29, 1.82) is 0 Å². The van der Waals surface area contributed by atoms with Gasteiger partial charge in [-0.2, -0.15) is 0 Å². The quantitative estimate of drug-likeness (QED) is 0.157. The summed E-state index contributed by atoms with van der Waals surface area (Å²) in [5.74, 6) is 1.15. The molecule has 3 N–H and O–H groups in total. The van der Waals surface area contributed by atoms with E-state index in [2.05, 4.69) is 70.7 Å². The third-order valence-electron chi connectivity index (χ3n) is 8.74. The Morgan fingerprint density at radius 3 is 0.765 bits per heavy atom. The number of rotatable bonds is 20. The topological polar surface area (TPSA) is 83.4 Å². The van der Waals surface area contributed by atoms with Crippen LogP contribution < -0.4 is 0 Å². The van der Waals surface area contributed by atoms with Crippen LogP contribution in [0.5, 0.6) is 17.2 Å². The number of hydrogen-bond acceptors (Lipinski definition) is 10. The van der Waals surface area contributed by atoms with Crippen molar-refractivity contribution in [3.8, 4) is 17.2 Å². The molecule has 0 radical (unpaired) electrons. The van der Waals surface area contributed by atoms with E-state index < -0.39 is 0 Å². The van der Waals surface area contributed by atoms with E-state index in [1.807, 2.05) is 84.6 Å². The average molecular weight is 706 g/mol. The highest BCUT2D eigenvalue weighted by Crippen LogP contribution is 2.30. The molecule has 284 valence electrons. The Balaban J connectivity index is 2.03. The minimum Gasteiger partial charge on any atom is -0.507 e. The third-order valence-corrected chi connectivity index (χ3v) is 8.74. The SMILES string of the molecule is CN(C)Cc1cc(CCN(CCc2cc(CN(C)C)c(O)c(CN(C)C)c2)Cc2cc(CN(C)C)c(O)c(CN(C)C)c2)cc(CN(C)C)c1O. The Morgan fingerprint density at radius 2 is 0.549 bits per heavy atom. The molecule has 0 aliphatic rings. The molecule has 0 unspecified atom stereocenters. The van der Waals surface area contributed by atoms with Crippen molar-refractivity contribution in [1.82, 2.24) is 34.3 Å². The van der Waals surface area contributed by atoms with Gasteiger partial charge in [-0.1, -0.05) is 24.3 Å². The number of phenols is 3. The highest BCUT2D eigenvalue weighted by atomic mass is 16.3. The van der Waals surface area contributed by atoms with Crippen molar-refractivity contribution in [2.75, 3.05) is 97.7 Å². The van der Waals surface area contributed by atoms with Crippen LogP contribution >= 0.6 is 0 Å². The van der Waals surface area contributed by atoms with Gasteiger partial charge in [-0.3, -0.25) is 4.90 Å². The predicted molar refractivity (Wildman–Crippen MR) is 211 cm³/mol. The Hall–Kier alpha value is -3.22. The lowest BCUT2D eigenvalue weighted by Crippen LogP contribution is -2.28. The summed E-state index contributed by atoms with van der Waals surface area (Å²) in [5.41, 5.74) is 9.29. The second kappa shape index (κ2) is 19.6. The molecule has 3 rings (SSSR count). The van der Waals surface area contributed by atoms with E-state index in [1.54, 1.807) is 0 Å². The molecule has 3 aromatic carbocycles. The zero-order valence-corrected chi connectivity index (χ0v) is 33.7. The first-order valence-corrected chi connectivity index (χ1v) is 18.0. The highest BCUT2D eigenvalue weighted by molar-refractivity contribution is 5.46. The summed E-state index contributed by atoms with van der Waals surface area (Å²) in [5, 5.41) is 33.5. The van der Waals surface area contributed by atoms with Crippen molar-refractivity contribution in [2.24, 2.45) is 0 Å². The van der Waals surface area contributed by atoms with Crippen molar-refractivity contribution >= 4 is 0 Å². The molecule has 0 aliphatic heterocycles. The lowest BCUT2D eigenvalue weighted by Gasteiger charge is -2.26. The van der Waals surface area contributed by atoms with Crippen LogP contribution in [0.2, 0.25) is 0 Å². The van der Waals surface area contributed by atoms with Crippen molar-refractivity contribution in [3.63, 3.8) is 0 Å². The van der Waals surface area contributed by atoms with Gasteiger partial charge in [0.05, 0.1) is 0 Å². The first-order chi connectivity index (χ1) is 23.9. The van der Waals surface area contributed by atoms with Gasteiger partial charge in [0.15, 0.2) is 0 Å². The lowest BCUT2D eigenvalue weighted by molar-refractivity contribution is 0.271. The molecule has 10 nitrogen and oxygen atoms in total. The van der Waals surface area contributed by atoms with Gasteiger partial charge in [0.1, 0.15) is 17.2 Å².